The first kappa shape index (κ1) is 15.1. The monoisotopic (exact) mass is 311 g/mol. The number of aromatic nitrogens is 1. The zero-order valence-corrected chi connectivity index (χ0v) is 13.7. The van der Waals surface area contributed by atoms with Crippen LogP contribution in [-0.4, -0.2) is 36.9 Å². The Labute approximate surface area is 127 Å². The van der Waals surface area contributed by atoms with Crippen molar-refractivity contribution in [3.05, 3.63) is 18.0 Å². The lowest BCUT2D eigenvalue weighted by atomic mass is 10.0. The zero-order valence-electron chi connectivity index (χ0n) is 12.9. The molecule has 3 rings (SSSR count). The molecule has 0 spiro atoms. The maximum absolute atomic E-state index is 12.8. The summed E-state index contributed by atoms with van der Waals surface area (Å²) in [6.07, 6.45) is 5.39. The third-order valence-electron chi connectivity index (χ3n) is 4.97. The van der Waals surface area contributed by atoms with Gasteiger partial charge in [0.2, 0.25) is 10.0 Å². The van der Waals surface area contributed by atoms with Gasteiger partial charge in [-0.1, -0.05) is 13.3 Å². The van der Waals surface area contributed by atoms with Gasteiger partial charge in [0.25, 0.3) is 0 Å². The van der Waals surface area contributed by atoms with E-state index in [2.05, 4.69) is 5.32 Å². The summed E-state index contributed by atoms with van der Waals surface area (Å²) < 4.78 is 29.2. The Bertz CT molecular complexity index is 596. The van der Waals surface area contributed by atoms with Crippen LogP contribution in [0.2, 0.25) is 0 Å². The highest BCUT2D eigenvalue weighted by molar-refractivity contribution is 7.89. The molecule has 2 atom stereocenters. The maximum Gasteiger partial charge on any atom is 0.244 e. The molecule has 0 radical (unpaired) electrons. The lowest BCUT2D eigenvalue weighted by molar-refractivity contribution is 0.445. The summed E-state index contributed by atoms with van der Waals surface area (Å²) in [5, 5.41) is 3.24. The number of hydrogen-bond acceptors (Lipinski definition) is 3. The van der Waals surface area contributed by atoms with Crippen molar-refractivity contribution in [1.82, 2.24) is 14.2 Å². The van der Waals surface area contributed by atoms with Crippen LogP contribution in [0.5, 0.6) is 0 Å². The number of fused-ring (bicyclic) bond motifs is 1. The molecule has 1 aromatic rings. The minimum absolute atomic E-state index is 0.442. The molecule has 1 aromatic heterocycles. The van der Waals surface area contributed by atoms with Gasteiger partial charge in [-0.15, -0.1) is 0 Å². The number of hydrogen-bond donors (Lipinski definition) is 1. The third kappa shape index (κ3) is 2.76. The Hall–Kier alpha value is -0.850. The van der Waals surface area contributed by atoms with Crippen molar-refractivity contribution in [1.29, 1.82) is 0 Å². The smallest absolute Gasteiger partial charge is 0.244 e. The Morgan fingerprint density at radius 3 is 2.57 bits per heavy atom. The fraction of sp³-hybridized carbons (Fsp3) is 0.733. The molecule has 6 heteroatoms. The van der Waals surface area contributed by atoms with Crippen molar-refractivity contribution in [3.8, 4) is 0 Å². The van der Waals surface area contributed by atoms with Crippen LogP contribution in [0.15, 0.2) is 17.2 Å². The summed E-state index contributed by atoms with van der Waals surface area (Å²) in [4.78, 5) is 0.442. The van der Waals surface area contributed by atoms with Gasteiger partial charge in [0, 0.05) is 38.6 Å². The van der Waals surface area contributed by atoms with E-state index in [0.717, 1.165) is 12.2 Å². The van der Waals surface area contributed by atoms with Crippen LogP contribution in [-0.2, 0) is 23.6 Å². The highest BCUT2D eigenvalue weighted by atomic mass is 32.2. The summed E-state index contributed by atoms with van der Waals surface area (Å²) in [5.41, 5.74) is 1.01. The first-order valence-electron chi connectivity index (χ1n) is 7.88. The number of nitrogens with zero attached hydrogens (tertiary/aromatic N) is 2. The molecule has 118 valence electrons. The molecule has 1 saturated carbocycles. The molecule has 1 saturated heterocycles. The topological polar surface area (TPSA) is 54.3 Å². The average molecular weight is 311 g/mol. The van der Waals surface area contributed by atoms with Gasteiger partial charge in [-0.3, -0.25) is 0 Å². The van der Waals surface area contributed by atoms with Gasteiger partial charge >= 0.3 is 0 Å². The van der Waals surface area contributed by atoms with E-state index in [1.165, 1.54) is 19.3 Å². The molecule has 0 amide bonds. The Kier molecular flexibility index (Phi) is 4.12. The first-order chi connectivity index (χ1) is 10.0. The van der Waals surface area contributed by atoms with Crippen LogP contribution in [0.1, 0.15) is 31.9 Å². The molecule has 2 unspecified atom stereocenters. The van der Waals surface area contributed by atoms with Gasteiger partial charge in [0.05, 0.1) is 0 Å². The van der Waals surface area contributed by atoms with Crippen LogP contribution < -0.4 is 5.32 Å². The molecule has 0 aromatic carbocycles. The highest BCUT2D eigenvalue weighted by Gasteiger charge is 2.41. The van der Waals surface area contributed by atoms with E-state index in [0.29, 0.717) is 36.4 Å². The maximum atomic E-state index is 12.8. The molecule has 1 aliphatic carbocycles. The quantitative estimate of drug-likeness (QED) is 0.898. The SMILES string of the molecule is CCNCc1cc(S(=O)(=O)N2CC3CCCC3C2)cn1C. The largest absolute Gasteiger partial charge is 0.352 e. The second-order valence-corrected chi connectivity index (χ2v) is 8.27. The lowest BCUT2D eigenvalue weighted by Gasteiger charge is -2.16. The Morgan fingerprint density at radius 1 is 1.29 bits per heavy atom. The predicted octanol–water partition coefficient (Wildman–Crippen LogP) is 1.56. The summed E-state index contributed by atoms with van der Waals surface area (Å²) in [6, 6.07) is 1.81. The van der Waals surface area contributed by atoms with E-state index in [-0.39, 0.29) is 0 Å². The molecule has 2 heterocycles. The van der Waals surface area contributed by atoms with Gasteiger partial charge < -0.3 is 9.88 Å². The van der Waals surface area contributed by atoms with E-state index < -0.39 is 10.0 Å². The fourth-order valence-electron chi connectivity index (χ4n) is 3.68. The molecule has 5 nitrogen and oxygen atoms in total. The molecule has 2 aliphatic rings. The molecule has 1 N–H and O–H groups in total. The van der Waals surface area contributed by atoms with Crippen molar-refractivity contribution in [3.63, 3.8) is 0 Å². The van der Waals surface area contributed by atoms with Gasteiger partial charge in [-0.2, -0.15) is 4.31 Å². The Morgan fingerprint density at radius 2 is 1.95 bits per heavy atom. The van der Waals surface area contributed by atoms with Crippen molar-refractivity contribution in [2.24, 2.45) is 18.9 Å². The molecular formula is C15H25N3O2S. The zero-order chi connectivity index (χ0) is 15.0. The van der Waals surface area contributed by atoms with Crippen LogP contribution >= 0.6 is 0 Å². The molecule has 2 fully saturated rings. The van der Waals surface area contributed by atoms with Gasteiger partial charge in [-0.05, 0) is 37.3 Å². The summed E-state index contributed by atoms with van der Waals surface area (Å²) in [6.45, 7) is 5.05. The Balaban J connectivity index is 1.79. The summed E-state index contributed by atoms with van der Waals surface area (Å²) in [7, 11) is -1.42. The van der Waals surface area contributed by atoms with E-state index in [1.54, 1.807) is 10.5 Å². The van der Waals surface area contributed by atoms with E-state index in [4.69, 9.17) is 0 Å². The van der Waals surface area contributed by atoms with E-state index in [9.17, 15) is 8.42 Å². The summed E-state index contributed by atoms with van der Waals surface area (Å²) in [5.74, 6) is 1.18. The van der Waals surface area contributed by atoms with Crippen molar-refractivity contribution in [2.45, 2.75) is 37.6 Å². The van der Waals surface area contributed by atoms with E-state index >= 15 is 0 Å². The van der Waals surface area contributed by atoms with Crippen LogP contribution in [0.25, 0.3) is 0 Å². The van der Waals surface area contributed by atoms with Crippen molar-refractivity contribution >= 4 is 10.0 Å². The molecular weight excluding hydrogens is 286 g/mol. The second-order valence-electron chi connectivity index (χ2n) is 6.33. The predicted molar refractivity (Wildman–Crippen MR) is 82.4 cm³/mol. The summed E-state index contributed by atoms with van der Waals surface area (Å²) >= 11 is 0. The number of rotatable bonds is 5. The standard InChI is InChI=1S/C15H25N3O2S/c1-3-16-8-14-7-15(11-17(14)2)21(19,20)18-9-12-5-4-6-13(12)10-18/h7,11-13,16H,3-6,8-10H2,1-2H3. The number of nitrogens with one attached hydrogen (secondary N) is 1. The normalized spacial score (nSPS) is 26.4. The van der Waals surface area contributed by atoms with Crippen LogP contribution in [0, 0.1) is 11.8 Å². The number of sulfonamides is 1. The van der Waals surface area contributed by atoms with E-state index in [1.807, 2.05) is 24.6 Å². The average Bonchev–Trinajstić information content (AvgIpc) is 3.10. The van der Waals surface area contributed by atoms with Gasteiger partial charge in [0.1, 0.15) is 4.90 Å². The van der Waals surface area contributed by atoms with Crippen LogP contribution in [0.4, 0.5) is 0 Å². The van der Waals surface area contributed by atoms with Crippen molar-refractivity contribution < 1.29 is 8.42 Å². The van der Waals surface area contributed by atoms with Crippen molar-refractivity contribution in [2.75, 3.05) is 19.6 Å². The molecule has 0 bridgehead atoms. The van der Waals surface area contributed by atoms with Gasteiger partial charge in [0.15, 0.2) is 0 Å². The second kappa shape index (κ2) is 5.74. The lowest BCUT2D eigenvalue weighted by Crippen LogP contribution is -2.29. The third-order valence-corrected chi connectivity index (χ3v) is 6.77. The van der Waals surface area contributed by atoms with Crippen LogP contribution in [0.3, 0.4) is 0 Å². The number of aryl methyl sites for hydroxylation is 1. The minimum atomic E-state index is -3.32. The molecule has 1 aliphatic heterocycles. The van der Waals surface area contributed by atoms with Gasteiger partial charge in [-0.25, -0.2) is 8.42 Å². The minimum Gasteiger partial charge on any atom is -0.352 e. The fourth-order valence-corrected chi connectivity index (χ4v) is 5.33. The molecule has 21 heavy (non-hydrogen) atoms. The first-order valence-corrected chi connectivity index (χ1v) is 9.32. The highest BCUT2D eigenvalue weighted by Crippen LogP contribution is 2.39.